The third kappa shape index (κ3) is 3.33. The smallest absolute Gasteiger partial charge is 0.331 e. The van der Waals surface area contributed by atoms with Crippen LogP contribution >= 0.6 is 22.6 Å². The third-order valence-corrected chi connectivity index (χ3v) is 3.80. The highest BCUT2D eigenvalue weighted by Crippen LogP contribution is 2.29. The first-order valence-electron chi connectivity index (χ1n) is 5.97. The number of aromatic amines is 1. The van der Waals surface area contributed by atoms with Crippen molar-refractivity contribution in [2.75, 3.05) is 6.61 Å². The Morgan fingerprint density at radius 1 is 1.48 bits per heavy atom. The van der Waals surface area contributed by atoms with E-state index in [4.69, 9.17) is 9.47 Å². The van der Waals surface area contributed by atoms with Gasteiger partial charge in [-0.1, -0.05) is 0 Å². The van der Waals surface area contributed by atoms with Crippen LogP contribution < -0.4 is 11.2 Å². The minimum absolute atomic E-state index is 0.241. The van der Waals surface area contributed by atoms with Gasteiger partial charge in [0.05, 0.1) is 3.70 Å². The van der Waals surface area contributed by atoms with Gasteiger partial charge < -0.3 is 19.7 Å². The van der Waals surface area contributed by atoms with Crippen molar-refractivity contribution in [1.82, 2.24) is 9.55 Å². The summed E-state index contributed by atoms with van der Waals surface area (Å²) in [5.41, 5.74) is -1.35. The van der Waals surface area contributed by atoms with E-state index >= 15 is 0 Å². The second kappa shape index (κ2) is 6.25. The Morgan fingerprint density at radius 2 is 2.14 bits per heavy atom. The number of hydrogen-bond acceptors (Lipinski definition) is 7. The SMILES string of the molecule is CC(=O)OC[C@H]1OC(n2c(I)cc(=O)[nH]c2=O)C(O)[C@H]1O. The monoisotopic (exact) mass is 412 g/mol. The van der Waals surface area contributed by atoms with Crippen molar-refractivity contribution in [3.63, 3.8) is 0 Å². The number of ether oxygens (including phenoxy) is 2. The molecule has 1 aliphatic rings. The molecule has 1 aliphatic heterocycles. The minimum atomic E-state index is -1.40. The van der Waals surface area contributed by atoms with Crippen LogP contribution in [-0.2, 0) is 14.3 Å². The van der Waals surface area contributed by atoms with E-state index in [1.165, 1.54) is 6.92 Å². The van der Waals surface area contributed by atoms with Crippen molar-refractivity contribution in [2.45, 2.75) is 31.5 Å². The Morgan fingerprint density at radius 3 is 2.71 bits per heavy atom. The van der Waals surface area contributed by atoms with Crippen LogP contribution in [0.3, 0.4) is 0 Å². The number of aliphatic hydroxyl groups is 2. The lowest BCUT2D eigenvalue weighted by Gasteiger charge is -2.18. The summed E-state index contributed by atoms with van der Waals surface area (Å²) in [4.78, 5) is 35.8. The van der Waals surface area contributed by atoms with Crippen LogP contribution in [0.1, 0.15) is 13.2 Å². The molecule has 2 heterocycles. The van der Waals surface area contributed by atoms with Crippen LogP contribution in [0.4, 0.5) is 0 Å². The number of halogens is 1. The van der Waals surface area contributed by atoms with Gasteiger partial charge in [0.1, 0.15) is 24.9 Å². The Labute approximate surface area is 131 Å². The molecule has 1 saturated heterocycles. The van der Waals surface area contributed by atoms with Gasteiger partial charge in [-0.3, -0.25) is 19.1 Å². The highest BCUT2D eigenvalue weighted by molar-refractivity contribution is 14.1. The fourth-order valence-corrected chi connectivity index (χ4v) is 2.77. The van der Waals surface area contributed by atoms with Gasteiger partial charge in [-0.05, 0) is 22.6 Å². The molecule has 0 amide bonds. The molecule has 1 aromatic rings. The summed E-state index contributed by atoms with van der Waals surface area (Å²) in [5.74, 6) is -0.556. The summed E-state index contributed by atoms with van der Waals surface area (Å²) in [6.45, 7) is 0.948. The summed E-state index contributed by atoms with van der Waals surface area (Å²) >= 11 is 1.74. The lowest BCUT2D eigenvalue weighted by molar-refractivity contribution is -0.147. The predicted molar refractivity (Wildman–Crippen MR) is 76.6 cm³/mol. The normalized spacial score (nSPS) is 28.6. The summed E-state index contributed by atoms with van der Waals surface area (Å²) in [6.07, 6.45) is -4.88. The van der Waals surface area contributed by atoms with E-state index in [0.29, 0.717) is 0 Å². The third-order valence-electron chi connectivity index (χ3n) is 2.97. The zero-order valence-corrected chi connectivity index (χ0v) is 13.0. The summed E-state index contributed by atoms with van der Waals surface area (Å²) in [6, 6.07) is 1.16. The summed E-state index contributed by atoms with van der Waals surface area (Å²) in [7, 11) is 0. The molecule has 9 nitrogen and oxygen atoms in total. The first-order valence-corrected chi connectivity index (χ1v) is 7.05. The van der Waals surface area contributed by atoms with Crippen molar-refractivity contribution in [3.05, 3.63) is 30.6 Å². The van der Waals surface area contributed by atoms with Crippen LogP contribution in [0.15, 0.2) is 15.7 Å². The highest BCUT2D eigenvalue weighted by Gasteiger charge is 2.45. The molecule has 0 aliphatic carbocycles. The molecule has 21 heavy (non-hydrogen) atoms. The predicted octanol–water partition coefficient (Wildman–Crippen LogP) is -1.68. The number of carbonyl (C=O) groups is 1. The zero-order chi connectivity index (χ0) is 15.7. The van der Waals surface area contributed by atoms with E-state index in [0.717, 1.165) is 10.6 Å². The number of hydrogen-bond donors (Lipinski definition) is 3. The van der Waals surface area contributed by atoms with E-state index in [-0.39, 0.29) is 10.3 Å². The lowest BCUT2D eigenvalue weighted by atomic mass is 10.1. The molecular formula is C11H13IN2O7. The van der Waals surface area contributed by atoms with Gasteiger partial charge in [0, 0.05) is 13.0 Å². The van der Waals surface area contributed by atoms with Gasteiger partial charge in [-0.25, -0.2) is 4.79 Å². The number of H-pyrrole nitrogens is 1. The van der Waals surface area contributed by atoms with Crippen LogP contribution in [0.2, 0.25) is 0 Å². The van der Waals surface area contributed by atoms with Crippen molar-refractivity contribution < 1.29 is 24.5 Å². The second-order valence-corrected chi connectivity index (χ2v) is 5.59. The quantitative estimate of drug-likeness (QED) is 0.307. The van der Waals surface area contributed by atoms with Crippen molar-refractivity contribution in [1.29, 1.82) is 0 Å². The first kappa shape index (κ1) is 16.1. The molecule has 4 atom stereocenters. The molecule has 1 fully saturated rings. The average molecular weight is 412 g/mol. The zero-order valence-electron chi connectivity index (χ0n) is 10.9. The van der Waals surface area contributed by atoms with Gasteiger partial charge in [-0.15, -0.1) is 0 Å². The molecule has 3 N–H and O–H groups in total. The van der Waals surface area contributed by atoms with Crippen molar-refractivity contribution in [2.24, 2.45) is 0 Å². The Kier molecular flexibility index (Phi) is 4.81. The maximum Gasteiger partial charge on any atom is 0.331 e. The fourth-order valence-electron chi connectivity index (χ4n) is 1.99. The fraction of sp³-hybridized carbons (Fsp3) is 0.545. The number of aliphatic hydroxyl groups excluding tert-OH is 2. The van der Waals surface area contributed by atoms with Gasteiger partial charge in [0.25, 0.3) is 5.56 Å². The van der Waals surface area contributed by atoms with Crippen LogP contribution in [0.25, 0.3) is 0 Å². The van der Waals surface area contributed by atoms with Gasteiger partial charge >= 0.3 is 11.7 Å². The maximum absolute atomic E-state index is 11.8. The Hall–Kier alpha value is -1.24. The van der Waals surface area contributed by atoms with Gasteiger partial charge in [0.2, 0.25) is 0 Å². The molecule has 0 bridgehead atoms. The number of rotatable bonds is 3. The van der Waals surface area contributed by atoms with E-state index < -0.39 is 41.8 Å². The molecule has 0 saturated carbocycles. The molecule has 116 valence electrons. The molecule has 0 radical (unpaired) electrons. The molecule has 2 unspecified atom stereocenters. The van der Waals surface area contributed by atoms with Crippen LogP contribution in [0, 0.1) is 3.70 Å². The van der Waals surface area contributed by atoms with Crippen molar-refractivity contribution in [3.8, 4) is 0 Å². The van der Waals surface area contributed by atoms with Crippen molar-refractivity contribution >= 4 is 28.6 Å². The molecule has 0 spiro atoms. The summed E-state index contributed by atoms with van der Waals surface area (Å²) in [5, 5.41) is 19.9. The topological polar surface area (TPSA) is 131 Å². The first-order chi connectivity index (χ1) is 9.81. The minimum Gasteiger partial charge on any atom is -0.463 e. The van der Waals surface area contributed by atoms with Crippen LogP contribution in [0.5, 0.6) is 0 Å². The number of aromatic nitrogens is 2. The molecule has 0 aromatic carbocycles. The van der Waals surface area contributed by atoms with E-state index in [1.807, 2.05) is 4.98 Å². The highest BCUT2D eigenvalue weighted by atomic mass is 127. The Balaban J connectivity index is 2.28. The Bertz CT molecular complexity index is 655. The second-order valence-electron chi connectivity index (χ2n) is 4.48. The average Bonchev–Trinajstić information content (AvgIpc) is 2.63. The number of carbonyl (C=O) groups excluding carboxylic acids is 1. The van der Waals surface area contributed by atoms with E-state index in [1.54, 1.807) is 22.6 Å². The van der Waals surface area contributed by atoms with Crippen LogP contribution in [-0.4, -0.2) is 50.7 Å². The lowest BCUT2D eigenvalue weighted by Crippen LogP contribution is -2.39. The number of esters is 1. The number of nitrogens with one attached hydrogen (secondary N) is 1. The molecule has 1 aromatic heterocycles. The standard InChI is InChI=1S/C11H13IN2O7/c1-4(15)20-3-5-8(17)9(18)10(21-5)14-6(12)2-7(16)13-11(14)19/h2,5,8-10,17-18H,3H2,1H3,(H,13,16,19)/t5-,8+,9?,10?/m1/s1. The van der Waals surface area contributed by atoms with E-state index in [2.05, 4.69) is 0 Å². The maximum atomic E-state index is 11.8. The molecule has 10 heteroatoms. The van der Waals surface area contributed by atoms with Gasteiger partial charge in [0.15, 0.2) is 6.23 Å². The van der Waals surface area contributed by atoms with Gasteiger partial charge in [-0.2, -0.15) is 0 Å². The molecular weight excluding hydrogens is 399 g/mol. The largest absolute Gasteiger partial charge is 0.463 e. The molecule has 2 rings (SSSR count). The number of nitrogens with zero attached hydrogens (tertiary/aromatic N) is 1. The van der Waals surface area contributed by atoms with E-state index in [9.17, 15) is 24.6 Å². The summed E-state index contributed by atoms with van der Waals surface area (Å²) < 4.78 is 11.4.